The van der Waals surface area contributed by atoms with E-state index in [2.05, 4.69) is 0 Å². The molecule has 4 nitrogen and oxygen atoms in total. The van der Waals surface area contributed by atoms with Gasteiger partial charge in [-0.2, -0.15) is 0 Å². The van der Waals surface area contributed by atoms with Crippen LogP contribution in [0.4, 0.5) is 0 Å². The SMILES string of the molecule is COCCCSSCCCOP(C)(=O)O. The lowest BCUT2D eigenvalue weighted by atomic mass is 10.5. The minimum atomic E-state index is -3.27. The Kier molecular flexibility index (Phi) is 10.5. The third-order valence-corrected chi connectivity index (χ3v) is 4.60. The minimum absolute atomic E-state index is 0.357. The highest BCUT2D eigenvalue weighted by atomic mass is 33.1. The maximum Gasteiger partial charge on any atom is 0.325 e. The zero-order valence-corrected chi connectivity index (χ0v) is 11.7. The van der Waals surface area contributed by atoms with E-state index < -0.39 is 7.60 Å². The maximum absolute atomic E-state index is 10.7. The van der Waals surface area contributed by atoms with E-state index in [1.165, 1.54) is 6.66 Å². The van der Waals surface area contributed by atoms with Gasteiger partial charge in [-0.15, -0.1) is 0 Å². The van der Waals surface area contributed by atoms with E-state index in [-0.39, 0.29) is 0 Å². The molecule has 0 aromatic rings. The van der Waals surface area contributed by atoms with Crippen LogP contribution in [0.1, 0.15) is 12.8 Å². The predicted octanol–water partition coefficient (Wildman–Crippen LogP) is 2.63. The Balaban J connectivity index is 3.02. The quantitative estimate of drug-likeness (QED) is 0.375. The summed E-state index contributed by atoms with van der Waals surface area (Å²) in [4.78, 5) is 8.82. The van der Waals surface area contributed by atoms with Gasteiger partial charge in [-0.1, -0.05) is 21.6 Å². The number of hydrogen-bond donors (Lipinski definition) is 1. The molecule has 0 fully saturated rings. The molecule has 0 spiro atoms. The normalized spacial score (nSPS) is 15.1. The van der Waals surface area contributed by atoms with Crippen LogP contribution in [0.5, 0.6) is 0 Å². The molecule has 0 rings (SSSR count). The summed E-state index contributed by atoms with van der Waals surface area (Å²) in [6, 6.07) is 0. The summed E-state index contributed by atoms with van der Waals surface area (Å²) in [5.41, 5.74) is 0. The molecule has 1 N–H and O–H groups in total. The van der Waals surface area contributed by atoms with Crippen LogP contribution in [0.25, 0.3) is 0 Å². The van der Waals surface area contributed by atoms with Crippen molar-refractivity contribution in [1.82, 2.24) is 0 Å². The molecule has 0 bridgehead atoms. The van der Waals surface area contributed by atoms with E-state index in [0.29, 0.717) is 6.61 Å². The van der Waals surface area contributed by atoms with Crippen LogP contribution in [0, 0.1) is 0 Å². The summed E-state index contributed by atoms with van der Waals surface area (Å²) in [7, 11) is 2.00. The van der Waals surface area contributed by atoms with Gasteiger partial charge in [0.2, 0.25) is 0 Å². The Morgan fingerprint density at radius 3 is 2.20 bits per heavy atom. The van der Waals surface area contributed by atoms with E-state index in [4.69, 9.17) is 14.2 Å². The van der Waals surface area contributed by atoms with Gasteiger partial charge in [0.1, 0.15) is 0 Å². The first kappa shape index (κ1) is 15.8. The van der Waals surface area contributed by atoms with E-state index >= 15 is 0 Å². The molecule has 0 aromatic heterocycles. The van der Waals surface area contributed by atoms with Crippen molar-refractivity contribution in [1.29, 1.82) is 0 Å². The van der Waals surface area contributed by atoms with Gasteiger partial charge in [0.15, 0.2) is 0 Å². The highest BCUT2D eigenvalue weighted by Gasteiger charge is 2.08. The third kappa shape index (κ3) is 14.8. The van der Waals surface area contributed by atoms with Crippen LogP contribution in [0.3, 0.4) is 0 Å². The van der Waals surface area contributed by atoms with Crippen molar-refractivity contribution < 1.29 is 18.7 Å². The number of rotatable bonds is 10. The Labute approximate surface area is 99.4 Å². The molecule has 0 heterocycles. The zero-order valence-electron chi connectivity index (χ0n) is 9.18. The molecule has 15 heavy (non-hydrogen) atoms. The van der Waals surface area contributed by atoms with Crippen molar-refractivity contribution in [2.45, 2.75) is 12.8 Å². The molecule has 0 aliphatic carbocycles. The second-order valence-corrected chi connectivity index (χ2v) is 7.55. The van der Waals surface area contributed by atoms with Crippen LogP contribution < -0.4 is 0 Å². The molecule has 0 amide bonds. The molecular weight excluding hydrogens is 255 g/mol. The van der Waals surface area contributed by atoms with Crippen LogP contribution in [-0.4, -0.2) is 43.4 Å². The molecule has 0 radical (unpaired) electrons. The molecule has 7 heteroatoms. The summed E-state index contributed by atoms with van der Waals surface area (Å²) in [5.74, 6) is 2.02. The molecule has 0 aliphatic heterocycles. The Morgan fingerprint density at radius 2 is 1.73 bits per heavy atom. The fourth-order valence-electron chi connectivity index (χ4n) is 0.732. The summed E-state index contributed by atoms with van der Waals surface area (Å²) in [5, 5.41) is 0. The van der Waals surface area contributed by atoms with Gasteiger partial charge in [-0.25, -0.2) is 0 Å². The summed E-state index contributed by atoms with van der Waals surface area (Å²) < 4.78 is 20.4. The molecule has 1 atom stereocenters. The summed E-state index contributed by atoms with van der Waals surface area (Å²) >= 11 is 0. The molecule has 1 unspecified atom stereocenters. The van der Waals surface area contributed by atoms with Crippen molar-refractivity contribution in [2.75, 3.05) is 38.5 Å². The Morgan fingerprint density at radius 1 is 1.20 bits per heavy atom. The Hall–Kier alpha value is 0.810. The zero-order chi connectivity index (χ0) is 11.6. The van der Waals surface area contributed by atoms with E-state index in [0.717, 1.165) is 31.0 Å². The first-order chi connectivity index (χ1) is 7.06. The molecule has 0 saturated heterocycles. The van der Waals surface area contributed by atoms with Gasteiger partial charge in [-0.05, 0) is 12.8 Å². The van der Waals surface area contributed by atoms with Gasteiger partial charge < -0.3 is 14.2 Å². The lowest BCUT2D eigenvalue weighted by Crippen LogP contribution is -1.93. The minimum Gasteiger partial charge on any atom is -0.385 e. The standard InChI is InChI=1S/C8H19O4PS2/c1-11-5-3-7-14-15-8-4-6-12-13(2,9)10/h3-8H2,1-2H3,(H,9,10). The molecule has 92 valence electrons. The number of ether oxygens (including phenoxy) is 1. The van der Waals surface area contributed by atoms with E-state index in [9.17, 15) is 4.57 Å². The van der Waals surface area contributed by atoms with Crippen molar-refractivity contribution in [3.8, 4) is 0 Å². The Bertz CT molecular complexity index is 185. The largest absolute Gasteiger partial charge is 0.385 e. The fourth-order valence-corrected chi connectivity index (χ4v) is 3.32. The molecular formula is C8H19O4PS2. The molecule has 0 aliphatic rings. The number of hydrogen-bond acceptors (Lipinski definition) is 5. The maximum atomic E-state index is 10.7. The third-order valence-electron chi connectivity index (χ3n) is 1.36. The predicted molar refractivity (Wildman–Crippen MR) is 67.7 cm³/mol. The van der Waals surface area contributed by atoms with Gasteiger partial charge in [-0.3, -0.25) is 4.57 Å². The topological polar surface area (TPSA) is 55.8 Å². The average Bonchev–Trinajstić information content (AvgIpc) is 2.14. The van der Waals surface area contributed by atoms with E-state index in [1.807, 2.05) is 0 Å². The summed E-state index contributed by atoms with van der Waals surface area (Å²) in [6.45, 7) is 2.37. The van der Waals surface area contributed by atoms with Gasteiger partial charge in [0.25, 0.3) is 0 Å². The van der Waals surface area contributed by atoms with Gasteiger partial charge >= 0.3 is 7.60 Å². The molecule has 0 saturated carbocycles. The van der Waals surface area contributed by atoms with Crippen LogP contribution in [0.15, 0.2) is 0 Å². The van der Waals surface area contributed by atoms with Crippen LogP contribution in [-0.2, 0) is 13.8 Å². The van der Waals surface area contributed by atoms with E-state index in [1.54, 1.807) is 28.7 Å². The van der Waals surface area contributed by atoms with Crippen LogP contribution in [0.2, 0.25) is 0 Å². The second-order valence-electron chi connectivity index (χ2n) is 2.98. The van der Waals surface area contributed by atoms with Crippen molar-refractivity contribution in [3.05, 3.63) is 0 Å². The average molecular weight is 274 g/mol. The number of methoxy groups -OCH3 is 1. The first-order valence-corrected chi connectivity index (χ1v) is 9.25. The smallest absolute Gasteiger partial charge is 0.325 e. The van der Waals surface area contributed by atoms with Crippen molar-refractivity contribution in [2.24, 2.45) is 0 Å². The second kappa shape index (κ2) is 10.00. The van der Waals surface area contributed by atoms with Gasteiger partial charge in [0, 0.05) is 31.9 Å². The van der Waals surface area contributed by atoms with Crippen molar-refractivity contribution in [3.63, 3.8) is 0 Å². The fraction of sp³-hybridized carbons (Fsp3) is 1.00. The molecule has 0 aromatic carbocycles. The van der Waals surface area contributed by atoms with Crippen molar-refractivity contribution >= 4 is 29.2 Å². The summed E-state index contributed by atoms with van der Waals surface area (Å²) in [6.07, 6.45) is 1.87. The lowest BCUT2D eigenvalue weighted by Gasteiger charge is -2.05. The first-order valence-electron chi connectivity index (χ1n) is 4.74. The van der Waals surface area contributed by atoms with Crippen LogP contribution >= 0.6 is 29.2 Å². The van der Waals surface area contributed by atoms with Gasteiger partial charge in [0.05, 0.1) is 6.61 Å². The lowest BCUT2D eigenvalue weighted by molar-refractivity contribution is 0.200. The monoisotopic (exact) mass is 274 g/mol. The highest BCUT2D eigenvalue weighted by Crippen LogP contribution is 2.36. The highest BCUT2D eigenvalue weighted by molar-refractivity contribution is 8.76.